The highest BCUT2D eigenvalue weighted by atomic mass is 16.4. The van der Waals surface area contributed by atoms with E-state index in [1.807, 2.05) is 11.0 Å². The molecule has 0 aromatic carbocycles. The summed E-state index contributed by atoms with van der Waals surface area (Å²) in [5.74, 6) is 1.03. The highest BCUT2D eigenvalue weighted by molar-refractivity contribution is 5.76. The summed E-state index contributed by atoms with van der Waals surface area (Å²) in [5, 5.41) is 9.73. The third-order valence-corrected chi connectivity index (χ3v) is 5.04. The first-order valence-electron chi connectivity index (χ1n) is 8.53. The lowest BCUT2D eigenvalue weighted by Gasteiger charge is -2.40. The van der Waals surface area contributed by atoms with Crippen molar-refractivity contribution in [3.8, 4) is 0 Å². The summed E-state index contributed by atoms with van der Waals surface area (Å²) in [7, 11) is 0. The van der Waals surface area contributed by atoms with E-state index in [9.17, 15) is 9.90 Å². The van der Waals surface area contributed by atoms with Crippen molar-refractivity contribution < 1.29 is 9.90 Å². The maximum Gasteiger partial charge on any atom is 0.311 e. The molecule has 3 rings (SSSR count). The molecule has 24 heavy (non-hydrogen) atoms. The summed E-state index contributed by atoms with van der Waals surface area (Å²) in [6, 6.07) is 1.94. The molecule has 3 heterocycles. The van der Waals surface area contributed by atoms with Crippen LogP contribution in [-0.2, 0) is 4.79 Å². The molecule has 0 aliphatic carbocycles. The third-order valence-electron chi connectivity index (χ3n) is 5.04. The number of nitrogen functional groups attached to an aromatic ring is 1. The topological polar surface area (TPSA) is 95.6 Å². The van der Waals surface area contributed by atoms with E-state index in [0.29, 0.717) is 19.4 Å². The molecule has 0 bridgehead atoms. The van der Waals surface area contributed by atoms with E-state index in [-0.39, 0.29) is 5.95 Å². The van der Waals surface area contributed by atoms with Gasteiger partial charge in [0.25, 0.3) is 0 Å². The number of carboxylic acid groups (broad SMARTS) is 1. The van der Waals surface area contributed by atoms with Gasteiger partial charge >= 0.3 is 5.97 Å². The molecule has 0 saturated carbocycles. The van der Waals surface area contributed by atoms with Crippen molar-refractivity contribution in [2.24, 2.45) is 5.41 Å². The zero-order valence-electron chi connectivity index (χ0n) is 13.9. The van der Waals surface area contributed by atoms with Gasteiger partial charge in [-0.2, -0.15) is 9.97 Å². The molecule has 2 saturated heterocycles. The molecular weight excluding hydrogens is 306 g/mol. The van der Waals surface area contributed by atoms with Crippen LogP contribution in [0.25, 0.3) is 0 Å². The normalized spacial score (nSPS) is 24.2. The number of rotatable bonds is 5. The fourth-order valence-corrected chi connectivity index (χ4v) is 3.74. The zero-order chi connectivity index (χ0) is 17.2. The monoisotopic (exact) mass is 331 g/mol. The second kappa shape index (κ2) is 6.67. The van der Waals surface area contributed by atoms with Crippen molar-refractivity contribution >= 4 is 23.6 Å². The largest absolute Gasteiger partial charge is 0.481 e. The molecular formula is C17H25N5O2. The summed E-state index contributed by atoms with van der Waals surface area (Å²) in [4.78, 5) is 24.8. The minimum atomic E-state index is -0.798. The van der Waals surface area contributed by atoms with E-state index in [2.05, 4.69) is 21.4 Å². The first-order chi connectivity index (χ1) is 11.5. The Balaban J connectivity index is 1.87. The van der Waals surface area contributed by atoms with Crippen LogP contribution in [0.5, 0.6) is 0 Å². The Bertz CT molecular complexity index is 629. The molecule has 0 unspecified atom stereocenters. The Morgan fingerprint density at radius 2 is 1.88 bits per heavy atom. The number of nitrogens with zero attached hydrogens (tertiary/aromatic N) is 4. The molecule has 2 aliphatic rings. The number of carboxylic acids is 1. The second-order valence-corrected chi connectivity index (χ2v) is 6.74. The number of nitrogens with two attached hydrogens (primary N) is 1. The van der Waals surface area contributed by atoms with Crippen LogP contribution in [0.2, 0.25) is 0 Å². The average Bonchev–Trinajstić information content (AvgIpc) is 3.09. The summed E-state index contributed by atoms with van der Waals surface area (Å²) in [5.41, 5.74) is 5.11. The van der Waals surface area contributed by atoms with Crippen LogP contribution < -0.4 is 15.5 Å². The number of anilines is 3. The smallest absolute Gasteiger partial charge is 0.311 e. The lowest BCUT2D eigenvalue weighted by molar-refractivity contribution is -0.149. The molecule has 1 aromatic heterocycles. The minimum absolute atomic E-state index is 0.240. The predicted molar refractivity (Wildman–Crippen MR) is 94.2 cm³/mol. The molecule has 1 aromatic rings. The number of piperidine rings is 1. The van der Waals surface area contributed by atoms with Gasteiger partial charge in [0.2, 0.25) is 5.95 Å². The summed E-state index contributed by atoms with van der Waals surface area (Å²) in [6.45, 7) is 6.88. The lowest BCUT2D eigenvalue weighted by Crippen LogP contribution is -2.48. The molecule has 7 nitrogen and oxygen atoms in total. The standard InChI is InChI=1S/C17H25N5O2/c1-2-6-17(15(23)24)7-5-10-22(12-17)14-11-13(19-16(18)20-14)21-8-3-4-9-21/h2,11H,1,3-10,12H2,(H,23,24)(H2,18,19,20)/t17-/m0/s1. The summed E-state index contributed by atoms with van der Waals surface area (Å²) >= 11 is 0. The van der Waals surface area contributed by atoms with E-state index >= 15 is 0 Å². The Kier molecular flexibility index (Phi) is 4.59. The average molecular weight is 331 g/mol. The van der Waals surface area contributed by atoms with E-state index in [1.165, 1.54) is 0 Å². The molecule has 1 atom stereocenters. The molecule has 0 spiro atoms. The van der Waals surface area contributed by atoms with Crippen molar-refractivity contribution in [2.45, 2.75) is 32.1 Å². The van der Waals surface area contributed by atoms with Gasteiger partial charge in [-0.25, -0.2) is 0 Å². The zero-order valence-corrected chi connectivity index (χ0v) is 13.9. The highest BCUT2D eigenvalue weighted by Gasteiger charge is 2.41. The van der Waals surface area contributed by atoms with Gasteiger partial charge in [0.1, 0.15) is 11.6 Å². The van der Waals surface area contributed by atoms with Crippen molar-refractivity contribution in [1.29, 1.82) is 0 Å². The fourth-order valence-electron chi connectivity index (χ4n) is 3.74. The van der Waals surface area contributed by atoms with Gasteiger partial charge in [0, 0.05) is 32.2 Å². The molecule has 2 fully saturated rings. The van der Waals surface area contributed by atoms with Gasteiger partial charge in [-0.05, 0) is 32.1 Å². The number of aromatic nitrogens is 2. The quantitative estimate of drug-likeness (QED) is 0.796. The van der Waals surface area contributed by atoms with Crippen LogP contribution in [0, 0.1) is 5.41 Å². The number of carbonyl (C=O) groups is 1. The SMILES string of the molecule is C=CC[C@]1(C(=O)O)CCCN(c2cc(N3CCCC3)nc(N)n2)C1. The van der Waals surface area contributed by atoms with Crippen LogP contribution in [0.1, 0.15) is 32.1 Å². The van der Waals surface area contributed by atoms with E-state index in [4.69, 9.17) is 5.73 Å². The highest BCUT2D eigenvalue weighted by Crippen LogP contribution is 2.36. The van der Waals surface area contributed by atoms with Crippen LogP contribution in [0.4, 0.5) is 17.6 Å². The molecule has 3 N–H and O–H groups in total. The van der Waals surface area contributed by atoms with Gasteiger partial charge in [0.15, 0.2) is 0 Å². The molecule has 7 heteroatoms. The Hall–Kier alpha value is -2.31. The van der Waals surface area contributed by atoms with Crippen molar-refractivity contribution in [3.05, 3.63) is 18.7 Å². The minimum Gasteiger partial charge on any atom is -0.481 e. The van der Waals surface area contributed by atoms with Gasteiger partial charge in [0.05, 0.1) is 5.41 Å². The maximum atomic E-state index is 11.8. The fraction of sp³-hybridized carbons (Fsp3) is 0.588. The first-order valence-corrected chi connectivity index (χ1v) is 8.53. The third kappa shape index (κ3) is 3.16. The lowest BCUT2D eigenvalue weighted by atomic mass is 9.77. The number of hydrogen-bond acceptors (Lipinski definition) is 6. The van der Waals surface area contributed by atoms with E-state index < -0.39 is 11.4 Å². The van der Waals surface area contributed by atoms with E-state index in [1.54, 1.807) is 6.08 Å². The number of aliphatic carboxylic acids is 1. The van der Waals surface area contributed by atoms with Crippen LogP contribution in [0.3, 0.4) is 0 Å². The Morgan fingerprint density at radius 1 is 1.25 bits per heavy atom. The molecule has 0 amide bonds. The van der Waals surface area contributed by atoms with Crippen molar-refractivity contribution in [2.75, 3.05) is 41.7 Å². The van der Waals surface area contributed by atoms with E-state index in [0.717, 1.165) is 50.5 Å². The summed E-state index contributed by atoms with van der Waals surface area (Å²) in [6.07, 6.45) is 5.93. The van der Waals surface area contributed by atoms with Crippen molar-refractivity contribution in [3.63, 3.8) is 0 Å². The van der Waals surface area contributed by atoms with Crippen LogP contribution in [0.15, 0.2) is 18.7 Å². The second-order valence-electron chi connectivity index (χ2n) is 6.74. The maximum absolute atomic E-state index is 11.8. The Morgan fingerprint density at radius 3 is 2.50 bits per heavy atom. The summed E-state index contributed by atoms with van der Waals surface area (Å²) < 4.78 is 0. The van der Waals surface area contributed by atoms with Gasteiger partial charge in [-0.15, -0.1) is 6.58 Å². The van der Waals surface area contributed by atoms with Gasteiger partial charge in [-0.3, -0.25) is 4.79 Å². The van der Waals surface area contributed by atoms with Gasteiger partial charge in [-0.1, -0.05) is 6.08 Å². The molecule has 130 valence electrons. The molecule has 0 radical (unpaired) electrons. The molecule has 2 aliphatic heterocycles. The first kappa shape index (κ1) is 16.5. The predicted octanol–water partition coefficient (Wildman–Crippen LogP) is 1.91. The Labute approximate surface area is 142 Å². The van der Waals surface area contributed by atoms with Gasteiger partial charge < -0.3 is 20.6 Å². The van der Waals surface area contributed by atoms with Crippen LogP contribution in [-0.4, -0.2) is 47.2 Å². The van der Waals surface area contributed by atoms with Crippen molar-refractivity contribution in [1.82, 2.24) is 9.97 Å². The van der Waals surface area contributed by atoms with Crippen LogP contribution >= 0.6 is 0 Å². The number of hydrogen-bond donors (Lipinski definition) is 2. The number of allylic oxidation sites excluding steroid dienone is 1.